The Bertz CT molecular complexity index is 822. The van der Waals surface area contributed by atoms with Crippen molar-refractivity contribution in [1.29, 1.82) is 0 Å². The number of benzene rings is 1. The van der Waals surface area contributed by atoms with E-state index in [0.717, 1.165) is 48.4 Å². The lowest BCUT2D eigenvalue weighted by molar-refractivity contribution is -0.133. The van der Waals surface area contributed by atoms with E-state index in [0.29, 0.717) is 18.1 Å². The van der Waals surface area contributed by atoms with E-state index in [9.17, 15) is 9.59 Å². The number of carbonyl (C=O) groups is 2. The highest BCUT2D eigenvalue weighted by Crippen LogP contribution is 2.27. The van der Waals surface area contributed by atoms with Crippen molar-refractivity contribution in [3.05, 3.63) is 24.3 Å². The maximum absolute atomic E-state index is 12.6. The van der Waals surface area contributed by atoms with Gasteiger partial charge in [0.05, 0.1) is 7.11 Å². The predicted octanol–water partition coefficient (Wildman–Crippen LogP) is 5.14. The summed E-state index contributed by atoms with van der Waals surface area (Å²) in [6.07, 6.45) is 5.93. The number of anilines is 1. The van der Waals surface area contributed by atoms with Crippen LogP contribution in [0.5, 0.6) is 5.75 Å². The van der Waals surface area contributed by atoms with Crippen molar-refractivity contribution in [3.63, 3.8) is 0 Å². The monoisotopic (exact) mass is 446 g/mol. The fourth-order valence-electron chi connectivity index (χ4n) is 3.19. The van der Waals surface area contributed by atoms with E-state index in [1.165, 1.54) is 11.3 Å². The Balaban J connectivity index is 1.88. The molecule has 2 aromatic rings. The summed E-state index contributed by atoms with van der Waals surface area (Å²) in [5, 5.41) is 12.2. The summed E-state index contributed by atoms with van der Waals surface area (Å²) in [6.45, 7) is 6.67. The highest BCUT2D eigenvalue weighted by atomic mass is 32.1. The number of ether oxygens (including phenoxy) is 1. The first-order valence-corrected chi connectivity index (χ1v) is 11.9. The number of methoxy groups -OCH3 is 1. The minimum Gasteiger partial charge on any atom is -0.497 e. The quantitative estimate of drug-likeness (QED) is 0.431. The van der Waals surface area contributed by atoms with Gasteiger partial charge in [-0.15, -0.1) is 10.2 Å². The first kappa shape index (κ1) is 24.8. The van der Waals surface area contributed by atoms with Gasteiger partial charge in [0, 0.05) is 31.0 Å². The number of aromatic nitrogens is 2. The number of rotatable bonds is 13. The Hall–Kier alpha value is -2.48. The van der Waals surface area contributed by atoms with Crippen molar-refractivity contribution in [2.24, 2.45) is 0 Å². The molecule has 1 heterocycles. The zero-order chi connectivity index (χ0) is 22.6. The number of amides is 2. The van der Waals surface area contributed by atoms with Gasteiger partial charge < -0.3 is 15.0 Å². The van der Waals surface area contributed by atoms with Crippen LogP contribution in [0.2, 0.25) is 0 Å². The van der Waals surface area contributed by atoms with Gasteiger partial charge in [-0.3, -0.25) is 9.59 Å². The summed E-state index contributed by atoms with van der Waals surface area (Å²) in [7, 11) is 1.62. The van der Waals surface area contributed by atoms with Crippen LogP contribution in [0.3, 0.4) is 0 Å². The third-order valence-corrected chi connectivity index (χ3v) is 6.16. The fourth-order valence-corrected chi connectivity index (χ4v) is 3.95. The largest absolute Gasteiger partial charge is 0.497 e. The molecule has 1 aromatic carbocycles. The molecule has 1 aromatic heterocycles. The lowest BCUT2D eigenvalue weighted by atomic mass is 10.1. The van der Waals surface area contributed by atoms with E-state index in [1.54, 1.807) is 7.11 Å². The molecule has 1 unspecified atom stereocenters. The standard InChI is InChI=1S/C23H34N4O3S/c1-5-7-8-9-10-21(29)27(17(3)6-2)16-15-20(28)24-23-26-25-22(31-23)18-11-13-19(30-4)14-12-18/h11-14,17H,5-10,15-16H2,1-4H3,(H,24,26,28). The van der Waals surface area contributed by atoms with Gasteiger partial charge in [-0.1, -0.05) is 44.4 Å². The number of nitrogens with one attached hydrogen (secondary N) is 1. The minimum atomic E-state index is -0.162. The molecule has 31 heavy (non-hydrogen) atoms. The van der Waals surface area contributed by atoms with Gasteiger partial charge in [0.2, 0.25) is 16.9 Å². The maximum atomic E-state index is 12.6. The molecule has 2 rings (SSSR count). The van der Waals surface area contributed by atoms with Crippen LogP contribution in [0.1, 0.15) is 65.7 Å². The van der Waals surface area contributed by atoms with Crippen molar-refractivity contribution >= 4 is 28.3 Å². The summed E-state index contributed by atoms with van der Waals surface area (Å²) in [5.41, 5.74) is 0.912. The van der Waals surface area contributed by atoms with Crippen molar-refractivity contribution in [3.8, 4) is 16.3 Å². The second kappa shape index (κ2) is 13.0. The molecule has 7 nitrogen and oxygen atoms in total. The number of nitrogens with zero attached hydrogens (tertiary/aromatic N) is 3. The smallest absolute Gasteiger partial charge is 0.227 e. The van der Waals surface area contributed by atoms with Crippen LogP contribution in [0, 0.1) is 0 Å². The number of unbranched alkanes of at least 4 members (excludes halogenated alkanes) is 3. The Kier molecular flexibility index (Phi) is 10.4. The van der Waals surface area contributed by atoms with Crippen LogP contribution in [-0.4, -0.2) is 46.6 Å². The molecule has 0 radical (unpaired) electrons. The highest BCUT2D eigenvalue weighted by Gasteiger charge is 2.20. The zero-order valence-electron chi connectivity index (χ0n) is 19.0. The molecule has 1 atom stereocenters. The molecule has 170 valence electrons. The van der Waals surface area contributed by atoms with Gasteiger partial charge >= 0.3 is 0 Å². The van der Waals surface area contributed by atoms with Gasteiger partial charge in [-0.05, 0) is 44.0 Å². The molecule has 0 saturated heterocycles. The molecule has 8 heteroatoms. The summed E-state index contributed by atoms with van der Waals surface area (Å²) in [4.78, 5) is 26.9. The van der Waals surface area contributed by atoms with E-state index in [1.807, 2.05) is 36.1 Å². The third-order valence-electron chi connectivity index (χ3n) is 5.28. The lowest BCUT2D eigenvalue weighted by Crippen LogP contribution is -2.40. The lowest BCUT2D eigenvalue weighted by Gasteiger charge is -2.28. The van der Waals surface area contributed by atoms with Gasteiger partial charge in [-0.25, -0.2) is 0 Å². The van der Waals surface area contributed by atoms with Crippen molar-refractivity contribution in [2.45, 2.75) is 71.8 Å². The van der Waals surface area contributed by atoms with Gasteiger partial charge in [0.15, 0.2) is 0 Å². The Morgan fingerprint density at radius 2 is 1.84 bits per heavy atom. The second-order valence-corrected chi connectivity index (χ2v) is 8.57. The van der Waals surface area contributed by atoms with Gasteiger partial charge in [0.1, 0.15) is 10.8 Å². The molecule has 0 aliphatic rings. The average molecular weight is 447 g/mol. The predicted molar refractivity (Wildman–Crippen MR) is 125 cm³/mol. The van der Waals surface area contributed by atoms with Gasteiger partial charge in [-0.2, -0.15) is 0 Å². The van der Waals surface area contributed by atoms with Crippen molar-refractivity contribution < 1.29 is 14.3 Å². The SMILES string of the molecule is CCCCCCC(=O)N(CCC(=O)Nc1nnc(-c2ccc(OC)cc2)s1)C(C)CC. The maximum Gasteiger partial charge on any atom is 0.227 e. The average Bonchev–Trinajstić information content (AvgIpc) is 3.25. The van der Waals surface area contributed by atoms with Crippen LogP contribution in [0.25, 0.3) is 10.6 Å². The molecule has 2 amide bonds. The molecule has 0 bridgehead atoms. The van der Waals surface area contributed by atoms with E-state index < -0.39 is 0 Å². The van der Waals surface area contributed by atoms with Crippen LogP contribution in [0.4, 0.5) is 5.13 Å². The second-order valence-electron chi connectivity index (χ2n) is 7.59. The summed E-state index contributed by atoms with van der Waals surface area (Å²) in [5.74, 6) is 0.744. The van der Waals surface area contributed by atoms with Crippen LogP contribution >= 0.6 is 11.3 Å². The Morgan fingerprint density at radius 3 is 2.48 bits per heavy atom. The summed E-state index contributed by atoms with van der Waals surface area (Å²) < 4.78 is 5.17. The number of hydrogen-bond donors (Lipinski definition) is 1. The third kappa shape index (κ3) is 7.94. The molecule has 0 saturated carbocycles. The summed E-state index contributed by atoms with van der Waals surface area (Å²) >= 11 is 1.32. The zero-order valence-corrected chi connectivity index (χ0v) is 19.8. The molecule has 0 fully saturated rings. The molecule has 1 N–H and O–H groups in total. The van der Waals surface area contributed by atoms with E-state index >= 15 is 0 Å². The Labute approximate surface area is 189 Å². The van der Waals surface area contributed by atoms with E-state index in [-0.39, 0.29) is 24.3 Å². The Morgan fingerprint density at radius 1 is 1.10 bits per heavy atom. The van der Waals surface area contributed by atoms with Crippen molar-refractivity contribution in [2.75, 3.05) is 19.0 Å². The van der Waals surface area contributed by atoms with E-state index in [4.69, 9.17) is 4.74 Å². The molecule has 0 aliphatic heterocycles. The van der Waals surface area contributed by atoms with Gasteiger partial charge in [0.25, 0.3) is 0 Å². The molecule has 0 aliphatic carbocycles. The minimum absolute atomic E-state index is 0.120. The first-order chi connectivity index (χ1) is 15.0. The van der Waals surface area contributed by atoms with Crippen molar-refractivity contribution in [1.82, 2.24) is 15.1 Å². The normalized spacial score (nSPS) is 11.7. The highest BCUT2D eigenvalue weighted by molar-refractivity contribution is 7.18. The molecular formula is C23H34N4O3S. The van der Waals surface area contributed by atoms with E-state index in [2.05, 4.69) is 29.4 Å². The number of hydrogen-bond acceptors (Lipinski definition) is 6. The first-order valence-electron chi connectivity index (χ1n) is 11.1. The van der Waals surface area contributed by atoms with Crippen LogP contribution in [0.15, 0.2) is 24.3 Å². The topological polar surface area (TPSA) is 84.4 Å². The van der Waals surface area contributed by atoms with Crippen LogP contribution in [-0.2, 0) is 9.59 Å². The molecule has 0 spiro atoms. The van der Waals surface area contributed by atoms with Crippen LogP contribution < -0.4 is 10.1 Å². The fraction of sp³-hybridized carbons (Fsp3) is 0.565. The molecular weight excluding hydrogens is 412 g/mol. The summed E-state index contributed by atoms with van der Waals surface area (Å²) in [6, 6.07) is 7.65. The number of carbonyl (C=O) groups excluding carboxylic acids is 2.